The van der Waals surface area contributed by atoms with Crippen LogP contribution in [0, 0.1) is 5.82 Å². The Kier molecular flexibility index (Phi) is 4.28. The van der Waals surface area contributed by atoms with Gasteiger partial charge in [0.2, 0.25) is 5.56 Å². The van der Waals surface area contributed by atoms with Crippen LogP contribution in [0.2, 0.25) is 0 Å². The predicted octanol–water partition coefficient (Wildman–Crippen LogP) is 2.88. The lowest BCUT2D eigenvalue weighted by molar-refractivity contribution is 0.0787. The summed E-state index contributed by atoms with van der Waals surface area (Å²) >= 11 is 0. The summed E-state index contributed by atoms with van der Waals surface area (Å²) in [6, 6.07) is 11.6. The summed E-state index contributed by atoms with van der Waals surface area (Å²) in [4.78, 5) is 31.3. The summed E-state index contributed by atoms with van der Waals surface area (Å²) in [5.74, 6) is -0.727. The number of nitrogens with one attached hydrogen (secondary N) is 1. The third-order valence-corrected chi connectivity index (χ3v) is 4.95. The van der Waals surface area contributed by atoms with E-state index in [1.165, 1.54) is 35.4 Å². The van der Waals surface area contributed by atoms with E-state index in [1.807, 2.05) is 6.07 Å². The van der Waals surface area contributed by atoms with Crippen molar-refractivity contribution in [3.63, 3.8) is 0 Å². The minimum Gasteiger partial charge on any atom is -0.337 e. The van der Waals surface area contributed by atoms with Gasteiger partial charge < -0.3 is 9.88 Å². The summed E-state index contributed by atoms with van der Waals surface area (Å²) in [6.07, 6.45) is 0. The Morgan fingerprint density at radius 3 is 2.74 bits per heavy atom. The van der Waals surface area contributed by atoms with Gasteiger partial charge in [-0.3, -0.25) is 14.5 Å². The molecular weight excluding hydrogens is 345 g/mol. The summed E-state index contributed by atoms with van der Waals surface area (Å²) < 4.78 is 13.5. The molecule has 4 rings (SSSR count). The zero-order valence-corrected chi connectivity index (χ0v) is 15.3. The molecule has 0 fully saturated rings. The van der Waals surface area contributed by atoms with Gasteiger partial charge in [-0.1, -0.05) is 18.2 Å². The SMILES string of the molecule is CN1Cc2ccc(CN(C)C(=O)c3cc(=O)[nH]c4cc(F)ccc34)cc2C1. The molecule has 1 amide bonds. The first-order chi connectivity index (χ1) is 12.9. The van der Waals surface area contributed by atoms with Crippen molar-refractivity contribution in [2.45, 2.75) is 19.6 Å². The van der Waals surface area contributed by atoms with E-state index in [-0.39, 0.29) is 11.5 Å². The van der Waals surface area contributed by atoms with E-state index >= 15 is 0 Å². The minimum atomic E-state index is -0.459. The number of nitrogens with zero attached hydrogens (tertiary/aromatic N) is 2. The lowest BCUT2D eigenvalue weighted by Crippen LogP contribution is -2.27. The Morgan fingerprint density at radius 1 is 1.15 bits per heavy atom. The molecule has 2 aromatic carbocycles. The van der Waals surface area contributed by atoms with Crippen LogP contribution in [-0.4, -0.2) is 34.8 Å². The molecule has 0 bridgehead atoms. The zero-order chi connectivity index (χ0) is 19.1. The normalized spacial score (nSPS) is 13.7. The van der Waals surface area contributed by atoms with Crippen LogP contribution in [0.4, 0.5) is 4.39 Å². The number of carbonyl (C=O) groups is 1. The molecule has 0 atom stereocenters. The van der Waals surface area contributed by atoms with Crippen LogP contribution in [-0.2, 0) is 19.6 Å². The molecule has 0 spiro atoms. The number of rotatable bonds is 3. The zero-order valence-electron chi connectivity index (χ0n) is 15.3. The van der Waals surface area contributed by atoms with Gasteiger partial charge in [0.05, 0.1) is 11.1 Å². The lowest BCUT2D eigenvalue weighted by Gasteiger charge is -2.19. The molecular formula is C21H20FN3O2. The molecule has 1 N–H and O–H groups in total. The van der Waals surface area contributed by atoms with Gasteiger partial charge in [-0.25, -0.2) is 4.39 Å². The number of hydrogen-bond donors (Lipinski definition) is 1. The van der Waals surface area contributed by atoms with E-state index in [2.05, 4.69) is 29.1 Å². The highest BCUT2D eigenvalue weighted by atomic mass is 19.1. The molecule has 3 aromatic rings. The van der Waals surface area contributed by atoms with Crippen molar-refractivity contribution in [1.29, 1.82) is 0 Å². The monoisotopic (exact) mass is 365 g/mol. The molecule has 6 heteroatoms. The van der Waals surface area contributed by atoms with E-state index < -0.39 is 11.4 Å². The number of aromatic nitrogens is 1. The van der Waals surface area contributed by atoms with Crippen molar-refractivity contribution in [3.8, 4) is 0 Å². The van der Waals surface area contributed by atoms with Gasteiger partial charge in [0.25, 0.3) is 5.91 Å². The molecule has 27 heavy (non-hydrogen) atoms. The molecule has 0 radical (unpaired) electrons. The smallest absolute Gasteiger partial charge is 0.254 e. The Labute approximate surface area is 156 Å². The van der Waals surface area contributed by atoms with Gasteiger partial charge in [0, 0.05) is 38.1 Å². The van der Waals surface area contributed by atoms with Crippen LogP contribution in [0.25, 0.3) is 10.9 Å². The molecule has 1 aromatic heterocycles. The lowest BCUT2D eigenvalue weighted by atomic mass is 10.1. The van der Waals surface area contributed by atoms with Crippen molar-refractivity contribution in [2.24, 2.45) is 0 Å². The molecule has 0 aliphatic carbocycles. The average Bonchev–Trinajstić information content (AvgIpc) is 2.99. The van der Waals surface area contributed by atoms with E-state index in [9.17, 15) is 14.0 Å². The number of pyridine rings is 1. The highest BCUT2D eigenvalue weighted by Crippen LogP contribution is 2.23. The number of carbonyl (C=O) groups excluding carboxylic acids is 1. The standard InChI is InChI=1S/C21H20FN3O2/c1-24-11-14-4-3-13(7-15(14)12-24)10-25(2)21(27)18-9-20(26)23-19-8-16(22)5-6-17(18)19/h3-9H,10-12H2,1-2H3,(H,23,26). The van der Waals surface area contributed by atoms with E-state index in [1.54, 1.807) is 11.9 Å². The van der Waals surface area contributed by atoms with Gasteiger partial charge in [-0.05, 0) is 41.9 Å². The largest absolute Gasteiger partial charge is 0.337 e. The molecule has 2 heterocycles. The average molecular weight is 365 g/mol. The van der Waals surface area contributed by atoms with Crippen LogP contribution in [0.5, 0.6) is 0 Å². The molecule has 0 saturated heterocycles. The van der Waals surface area contributed by atoms with E-state index in [0.29, 0.717) is 17.4 Å². The van der Waals surface area contributed by atoms with Crippen molar-refractivity contribution < 1.29 is 9.18 Å². The molecule has 138 valence electrons. The topological polar surface area (TPSA) is 56.4 Å². The molecule has 1 aliphatic rings. The minimum absolute atomic E-state index is 0.268. The maximum absolute atomic E-state index is 13.5. The number of H-pyrrole nitrogens is 1. The van der Waals surface area contributed by atoms with Crippen LogP contribution < -0.4 is 5.56 Å². The van der Waals surface area contributed by atoms with Crippen LogP contribution in [0.15, 0.2) is 47.3 Å². The van der Waals surface area contributed by atoms with Gasteiger partial charge in [-0.2, -0.15) is 0 Å². The van der Waals surface area contributed by atoms with Crippen molar-refractivity contribution in [1.82, 2.24) is 14.8 Å². The van der Waals surface area contributed by atoms with E-state index in [4.69, 9.17) is 0 Å². The van der Waals surface area contributed by atoms with Gasteiger partial charge >= 0.3 is 0 Å². The number of hydrogen-bond acceptors (Lipinski definition) is 3. The third kappa shape index (κ3) is 3.36. The second kappa shape index (κ2) is 6.63. The number of aromatic amines is 1. The predicted molar refractivity (Wildman–Crippen MR) is 102 cm³/mol. The summed E-state index contributed by atoms with van der Waals surface area (Å²) in [5, 5.41) is 0.531. The second-order valence-electron chi connectivity index (χ2n) is 7.17. The second-order valence-corrected chi connectivity index (χ2v) is 7.17. The van der Waals surface area contributed by atoms with Gasteiger partial charge in [0.15, 0.2) is 0 Å². The van der Waals surface area contributed by atoms with E-state index in [0.717, 1.165) is 18.7 Å². The number of fused-ring (bicyclic) bond motifs is 2. The van der Waals surface area contributed by atoms with Crippen LogP contribution in [0.3, 0.4) is 0 Å². The quantitative estimate of drug-likeness (QED) is 0.777. The Balaban J connectivity index is 1.63. The van der Waals surface area contributed by atoms with Crippen molar-refractivity contribution in [2.75, 3.05) is 14.1 Å². The number of halogens is 1. The molecule has 0 saturated carbocycles. The van der Waals surface area contributed by atoms with Gasteiger partial charge in [-0.15, -0.1) is 0 Å². The van der Waals surface area contributed by atoms with Crippen molar-refractivity contribution in [3.05, 3.63) is 80.9 Å². The maximum Gasteiger partial charge on any atom is 0.254 e. The van der Waals surface area contributed by atoms with Crippen molar-refractivity contribution >= 4 is 16.8 Å². The first-order valence-electron chi connectivity index (χ1n) is 8.78. The van der Waals surface area contributed by atoms with Crippen LogP contribution in [0.1, 0.15) is 27.0 Å². The third-order valence-electron chi connectivity index (χ3n) is 4.95. The Hall–Kier alpha value is -2.99. The molecule has 5 nitrogen and oxygen atoms in total. The summed E-state index contributed by atoms with van der Waals surface area (Å²) in [6.45, 7) is 2.29. The molecule has 0 unspecified atom stereocenters. The Morgan fingerprint density at radius 2 is 1.93 bits per heavy atom. The number of amides is 1. The maximum atomic E-state index is 13.5. The van der Waals surface area contributed by atoms with Crippen LogP contribution >= 0.6 is 0 Å². The highest BCUT2D eigenvalue weighted by molar-refractivity contribution is 6.05. The first-order valence-corrected chi connectivity index (χ1v) is 8.78. The fourth-order valence-electron chi connectivity index (χ4n) is 3.68. The summed E-state index contributed by atoms with van der Waals surface area (Å²) in [5.41, 5.74) is 3.81. The fourth-order valence-corrected chi connectivity index (χ4v) is 3.68. The van der Waals surface area contributed by atoms with Gasteiger partial charge in [0.1, 0.15) is 5.82 Å². The molecule has 1 aliphatic heterocycles. The summed E-state index contributed by atoms with van der Waals surface area (Å²) in [7, 11) is 3.79. The fraction of sp³-hybridized carbons (Fsp3) is 0.238. The first kappa shape index (κ1) is 17.4. The highest BCUT2D eigenvalue weighted by Gasteiger charge is 2.19. The number of benzene rings is 2. The Bertz CT molecular complexity index is 1110.